The second kappa shape index (κ2) is 9.39. The van der Waals surface area contributed by atoms with Crippen molar-refractivity contribution in [1.29, 1.82) is 0 Å². The van der Waals surface area contributed by atoms with E-state index < -0.39 is 0 Å². The highest BCUT2D eigenvalue weighted by Gasteiger charge is 2.22. The van der Waals surface area contributed by atoms with Gasteiger partial charge in [0.15, 0.2) is 0 Å². The number of carbonyl (C=O) groups excluding carboxylic acids is 2. The highest BCUT2D eigenvalue weighted by atomic mass is 35.5. The molecule has 0 spiro atoms. The van der Waals surface area contributed by atoms with E-state index in [0.717, 1.165) is 5.56 Å². The van der Waals surface area contributed by atoms with E-state index in [0.29, 0.717) is 42.6 Å². The smallest absolute Gasteiger partial charge is 0.270 e. The van der Waals surface area contributed by atoms with Crippen molar-refractivity contribution in [2.45, 2.75) is 0 Å². The van der Waals surface area contributed by atoms with Crippen molar-refractivity contribution >= 4 is 29.5 Å². The van der Waals surface area contributed by atoms with Crippen LogP contribution in [0.25, 0.3) is 6.08 Å². The molecule has 0 aliphatic carbocycles. The fourth-order valence-corrected chi connectivity index (χ4v) is 2.88. The Hall–Kier alpha value is -2.83. The lowest BCUT2D eigenvalue weighted by atomic mass is 10.1. The lowest BCUT2D eigenvalue weighted by Crippen LogP contribution is -2.44. The monoisotopic (exact) mass is 400 g/mol. The number of rotatable bonds is 5. The first-order valence-electron chi connectivity index (χ1n) is 8.86. The number of methoxy groups -OCH3 is 1. The van der Waals surface area contributed by atoms with Crippen LogP contribution in [-0.2, 0) is 9.53 Å². The molecule has 146 valence electrons. The minimum Gasteiger partial charge on any atom is -0.497 e. The van der Waals surface area contributed by atoms with E-state index in [1.807, 2.05) is 0 Å². The minimum absolute atomic E-state index is 0.199. The van der Waals surface area contributed by atoms with Crippen LogP contribution in [0.5, 0.6) is 5.75 Å². The van der Waals surface area contributed by atoms with Gasteiger partial charge in [-0.05, 0) is 48.0 Å². The molecule has 1 fully saturated rings. The molecular weight excluding hydrogens is 380 g/mol. The molecule has 0 aromatic heterocycles. The molecule has 0 saturated carbocycles. The number of benzene rings is 2. The molecule has 1 aliphatic heterocycles. The molecule has 0 bridgehead atoms. The van der Waals surface area contributed by atoms with E-state index in [2.05, 4.69) is 5.32 Å². The number of ether oxygens (including phenoxy) is 2. The average molecular weight is 401 g/mol. The van der Waals surface area contributed by atoms with Crippen molar-refractivity contribution in [3.63, 3.8) is 0 Å². The summed E-state index contributed by atoms with van der Waals surface area (Å²) < 4.78 is 10.4. The van der Waals surface area contributed by atoms with Crippen molar-refractivity contribution in [2.24, 2.45) is 0 Å². The molecular formula is C21H21ClN2O4. The highest BCUT2D eigenvalue weighted by Crippen LogP contribution is 2.15. The topological polar surface area (TPSA) is 67.9 Å². The molecule has 7 heteroatoms. The molecule has 2 amide bonds. The molecule has 3 rings (SSSR count). The molecule has 0 unspecified atom stereocenters. The van der Waals surface area contributed by atoms with Gasteiger partial charge in [-0.25, -0.2) is 0 Å². The predicted octanol–water partition coefficient (Wildman–Crippen LogP) is 2.98. The Balaban J connectivity index is 1.84. The fourth-order valence-electron chi connectivity index (χ4n) is 2.75. The minimum atomic E-state index is -0.371. The van der Waals surface area contributed by atoms with Crippen LogP contribution < -0.4 is 10.1 Å². The number of hydrogen-bond donors (Lipinski definition) is 1. The van der Waals surface area contributed by atoms with Crippen LogP contribution in [-0.4, -0.2) is 50.1 Å². The second-order valence-corrected chi connectivity index (χ2v) is 6.63. The van der Waals surface area contributed by atoms with Gasteiger partial charge in [-0.1, -0.05) is 23.7 Å². The molecule has 0 atom stereocenters. The summed E-state index contributed by atoms with van der Waals surface area (Å²) in [4.78, 5) is 27.3. The first kappa shape index (κ1) is 19.9. The quantitative estimate of drug-likeness (QED) is 0.783. The van der Waals surface area contributed by atoms with Crippen molar-refractivity contribution in [3.8, 4) is 5.75 Å². The first-order valence-corrected chi connectivity index (χ1v) is 9.24. The van der Waals surface area contributed by atoms with Crippen LogP contribution in [0.15, 0.2) is 54.2 Å². The van der Waals surface area contributed by atoms with Crippen molar-refractivity contribution in [3.05, 3.63) is 70.4 Å². The number of nitrogens with one attached hydrogen (secondary N) is 1. The van der Waals surface area contributed by atoms with Crippen LogP contribution in [0.3, 0.4) is 0 Å². The normalized spacial score (nSPS) is 14.5. The Morgan fingerprint density at radius 2 is 1.71 bits per heavy atom. The third kappa shape index (κ3) is 5.12. The molecule has 28 heavy (non-hydrogen) atoms. The standard InChI is InChI=1S/C21H21ClN2O4/c1-27-18-8-4-16(5-9-18)20(25)23-19(14-15-2-6-17(22)7-3-15)21(26)24-10-12-28-13-11-24/h2-9,14H,10-13H2,1H3,(H,23,25). The van der Waals surface area contributed by atoms with Gasteiger partial charge in [0, 0.05) is 23.7 Å². The zero-order valence-corrected chi connectivity index (χ0v) is 16.2. The fraction of sp³-hybridized carbons (Fsp3) is 0.238. The summed E-state index contributed by atoms with van der Waals surface area (Å²) in [5.41, 5.74) is 1.39. The zero-order valence-electron chi connectivity index (χ0n) is 15.5. The maximum absolute atomic E-state index is 13.0. The van der Waals surface area contributed by atoms with Crippen LogP contribution in [0.2, 0.25) is 5.02 Å². The van der Waals surface area contributed by atoms with Crippen LogP contribution in [0.1, 0.15) is 15.9 Å². The summed E-state index contributed by atoms with van der Waals surface area (Å²) in [5.74, 6) is 0.0301. The van der Waals surface area contributed by atoms with E-state index in [-0.39, 0.29) is 17.5 Å². The predicted molar refractivity (Wildman–Crippen MR) is 107 cm³/mol. The van der Waals surface area contributed by atoms with Crippen molar-refractivity contribution < 1.29 is 19.1 Å². The van der Waals surface area contributed by atoms with Crippen molar-refractivity contribution in [2.75, 3.05) is 33.4 Å². The third-order valence-electron chi connectivity index (χ3n) is 4.31. The van der Waals surface area contributed by atoms with Crippen LogP contribution in [0.4, 0.5) is 0 Å². The molecule has 6 nitrogen and oxygen atoms in total. The van der Waals surface area contributed by atoms with E-state index in [1.54, 1.807) is 66.6 Å². The Bertz CT molecular complexity index is 857. The lowest BCUT2D eigenvalue weighted by Gasteiger charge is -2.27. The highest BCUT2D eigenvalue weighted by molar-refractivity contribution is 6.30. The van der Waals surface area contributed by atoms with Gasteiger partial charge in [-0.2, -0.15) is 0 Å². The number of carbonyl (C=O) groups is 2. The Morgan fingerprint density at radius 1 is 1.07 bits per heavy atom. The summed E-state index contributed by atoms with van der Waals surface area (Å²) in [6, 6.07) is 13.7. The van der Waals surface area contributed by atoms with Gasteiger partial charge in [-0.3, -0.25) is 9.59 Å². The van der Waals surface area contributed by atoms with Gasteiger partial charge in [0.2, 0.25) is 0 Å². The molecule has 2 aromatic carbocycles. The Kier molecular flexibility index (Phi) is 6.68. The maximum atomic E-state index is 13.0. The van der Waals surface area contributed by atoms with Gasteiger partial charge in [0.1, 0.15) is 11.4 Å². The number of halogens is 1. The number of nitrogens with zero attached hydrogens (tertiary/aromatic N) is 1. The van der Waals surface area contributed by atoms with Crippen molar-refractivity contribution in [1.82, 2.24) is 10.2 Å². The summed E-state index contributed by atoms with van der Waals surface area (Å²) in [6.45, 7) is 1.92. The molecule has 1 heterocycles. The van der Waals surface area contributed by atoms with E-state index in [1.165, 1.54) is 0 Å². The van der Waals surface area contributed by atoms with E-state index in [4.69, 9.17) is 21.1 Å². The van der Waals surface area contributed by atoms with Gasteiger partial charge < -0.3 is 19.7 Å². The average Bonchev–Trinajstić information content (AvgIpc) is 2.75. The summed E-state index contributed by atoms with van der Waals surface area (Å²) in [5, 5.41) is 3.34. The number of amides is 2. The lowest BCUT2D eigenvalue weighted by molar-refractivity contribution is -0.131. The second-order valence-electron chi connectivity index (χ2n) is 6.20. The van der Waals surface area contributed by atoms with Gasteiger partial charge >= 0.3 is 0 Å². The van der Waals surface area contributed by atoms with Gasteiger partial charge in [0.25, 0.3) is 11.8 Å². The number of morpholine rings is 1. The van der Waals surface area contributed by atoms with Gasteiger partial charge in [0.05, 0.1) is 20.3 Å². The molecule has 0 radical (unpaired) electrons. The van der Waals surface area contributed by atoms with Gasteiger partial charge in [-0.15, -0.1) is 0 Å². The van der Waals surface area contributed by atoms with Crippen LogP contribution in [0, 0.1) is 0 Å². The summed E-state index contributed by atoms with van der Waals surface area (Å²) in [7, 11) is 1.56. The largest absolute Gasteiger partial charge is 0.497 e. The maximum Gasteiger partial charge on any atom is 0.270 e. The van der Waals surface area contributed by atoms with E-state index in [9.17, 15) is 9.59 Å². The van der Waals surface area contributed by atoms with Crippen LogP contribution >= 0.6 is 11.6 Å². The SMILES string of the molecule is COc1ccc(C(=O)NC(=Cc2ccc(Cl)cc2)C(=O)N2CCOCC2)cc1. The molecule has 1 saturated heterocycles. The first-order chi connectivity index (χ1) is 13.6. The molecule has 2 aromatic rings. The van der Waals surface area contributed by atoms with E-state index >= 15 is 0 Å². The number of hydrogen-bond acceptors (Lipinski definition) is 4. The zero-order chi connectivity index (χ0) is 19.9. The third-order valence-corrected chi connectivity index (χ3v) is 4.56. The Labute approximate surface area is 168 Å². The molecule has 1 N–H and O–H groups in total. The molecule has 1 aliphatic rings. The summed E-state index contributed by atoms with van der Waals surface area (Å²) in [6.07, 6.45) is 1.65. The summed E-state index contributed by atoms with van der Waals surface area (Å²) >= 11 is 5.93. The Morgan fingerprint density at radius 3 is 2.32 bits per heavy atom.